The monoisotopic (exact) mass is 397 g/mol. The number of aromatic nitrogens is 1. The van der Waals surface area contributed by atoms with Crippen molar-refractivity contribution < 1.29 is 0 Å². The normalized spacial score (nSPS) is 12.8. The lowest BCUT2D eigenvalue weighted by Gasteiger charge is -2.24. The van der Waals surface area contributed by atoms with Crippen molar-refractivity contribution >= 4 is 45.5 Å². The molecule has 4 nitrogen and oxygen atoms in total. The molecule has 0 spiro atoms. The van der Waals surface area contributed by atoms with Gasteiger partial charge in [0.05, 0.1) is 22.8 Å². The Balaban J connectivity index is 1.62. The summed E-state index contributed by atoms with van der Waals surface area (Å²) >= 11 is 11.7. The quantitative estimate of drug-likeness (QED) is 0.663. The molecule has 0 bridgehead atoms. The van der Waals surface area contributed by atoms with E-state index in [0.717, 1.165) is 41.5 Å². The van der Waals surface area contributed by atoms with Gasteiger partial charge in [0.25, 0.3) is 5.56 Å². The highest BCUT2D eigenvalue weighted by molar-refractivity contribution is 7.80. The van der Waals surface area contributed by atoms with Crippen LogP contribution in [0.2, 0.25) is 5.02 Å². The number of nitrogens with zero attached hydrogens (tertiary/aromatic N) is 2. The van der Waals surface area contributed by atoms with Crippen LogP contribution in [0.5, 0.6) is 0 Å². The summed E-state index contributed by atoms with van der Waals surface area (Å²) in [5.41, 5.74) is 3.91. The first-order valence-electron chi connectivity index (χ1n) is 8.95. The van der Waals surface area contributed by atoms with E-state index < -0.39 is 0 Å². The molecule has 0 atom stereocenters. The van der Waals surface area contributed by atoms with Crippen LogP contribution in [0.4, 0.5) is 5.69 Å². The number of rotatable bonds is 3. The van der Waals surface area contributed by atoms with E-state index in [0.29, 0.717) is 16.7 Å². The van der Waals surface area contributed by atoms with E-state index in [4.69, 9.17) is 23.8 Å². The van der Waals surface area contributed by atoms with E-state index >= 15 is 0 Å². The van der Waals surface area contributed by atoms with Gasteiger partial charge in [0.2, 0.25) is 0 Å². The number of thiocarbonyl (C=S) groups is 1. The van der Waals surface area contributed by atoms with Gasteiger partial charge in [0, 0.05) is 19.2 Å². The maximum atomic E-state index is 13.0. The van der Waals surface area contributed by atoms with Gasteiger partial charge in [-0.15, -0.1) is 0 Å². The molecule has 1 aliphatic rings. The van der Waals surface area contributed by atoms with Crippen LogP contribution in [-0.4, -0.2) is 21.6 Å². The Morgan fingerprint density at radius 3 is 2.89 bits per heavy atom. The van der Waals surface area contributed by atoms with Gasteiger partial charge < -0.3 is 14.8 Å². The zero-order valence-electron chi connectivity index (χ0n) is 15.0. The Bertz CT molecular complexity index is 1090. The fourth-order valence-electron chi connectivity index (χ4n) is 3.64. The minimum Gasteiger partial charge on any atom is -0.348 e. The maximum absolute atomic E-state index is 13.0. The van der Waals surface area contributed by atoms with Gasteiger partial charge in [0.1, 0.15) is 0 Å². The number of pyridine rings is 1. The number of hydrogen-bond donors (Lipinski definition) is 1. The number of anilines is 1. The fraction of sp³-hybridized carbons (Fsp3) is 0.238. The highest BCUT2D eigenvalue weighted by Crippen LogP contribution is 2.24. The summed E-state index contributed by atoms with van der Waals surface area (Å²) < 4.78 is 1.92. The second kappa shape index (κ2) is 7.33. The largest absolute Gasteiger partial charge is 0.348 e. The smallest absolute Gasteiger partial charge is 0.256 e. The SMILES string of the molecule is CN(Cc1cc2cccc3c2n(c1=O)CCC3)C(=S)Nc1ccccc1Cl. The lowest BCUT2D eigenvalue weighted by Crippen LogP contribution is -2.35. The molecular weight excluding hydrogens is 378 g/mol. The molecular formula is C21H20ClN3OS. The molecule has 138 valence electrons. The molecule has 1 N–H and O–H groups in total. The molecule has 2 aromatic carbocycles. The van der Waals surface area contributed by atoms with Crippen molar-refractivity contribution in [3.8, 4) is 0 Å². The van der Waals surface area contributed by atoms with Crippen LogP contribution in [0.25, 0.3) is 10.9 Å². The summed E-state index contributed by atoms with van der Waals surface area (Å²) in [6, 6.07) is 15.7. The van der Waals surface area contributed by atoms with Crippen LogP contribution in [0, 0.1) is 0 Å². The van der Waals surface area contributed by atoms with E-state index in [9.17, 15) is 4.79 Å². The molecule has 4 rings (SSSR count). The molecule has 1 aromatic heterocycles. The van der Waals surface area contributed by atoms with Crippen molar-refractivity contribution in [2.45, 2.75) is 25.9 Å². The number of para-hydroxylation sites is 2. The molecule has 0 aliphatic carbocycles. The van der Waals surface area contributed by atoms with Crippen molar-refractivity contribution in [3.63, 3.8) is 0 Å². The Morgan fingerprint density at radius 2 is 2.07 bits per heavy atom. The van der Waals surface area contributed by atoms with Crippen LogP contribution >= 0.6 is 23.8 Å². The first kappa shape index (κ1) is 18.0. The number of hydrogen-bond acceptors (Lipinski definition) is 2. The number of halogens is 1. The average molecular weight is 398 g/mol. The van der Waals surface area contributed by atoms with Crippen molar-refractivity contribution in [1.29, 1.82) is 0 Å². The van der Waals surface area contributed by atoms with Gasteiger partial charge in [-0.05, 0) is 54.2 Å². The predicted octanol–water partition coefficient (Wildman–Crippen LogP) is 4.43. The lowest BCUT2D eigenvalue weighted by atomic mass is 10.00. The predicted molar refractivity (Wildman–Crippen MR) is 116 cm³/mol. The van der Waals surface area contributed by atoms with E-state index in [1.165, 1.54) is 5.56 Å². The fourth-order valence-corrected chi connectivity index (χ4v) is 4.00. The Labute approximate surface area is 168 Å². The molecule has 0 saturated heterocycles. The van der Waals surface area contributed by atoms with Gasteiger partial charge in [0.15, 0.2) is 5.11 Å². The molecule has 6 heteroatoms. The van der Waals surface area contributed by atoms with Crippen LogP contribution in [-0.2, 0) is 19.5 Å². The third-order valence-corrected chi connectivity index (χ3v) is 5.71. The summed E-state index contributed by atoms with van der Waals surface area (Å²) in [6.07, 6.45) is 2.03. The van der Waals surface area contributed by atoms with Crippen LogP contribution in [0.1, 0.15) is 17.5 Å². The van der Waals surface area contributed by atoms with Crippen molar-refractivity contribution in [2.75, 3.05) is 12.4 Å². The minimum atomic E-state index is 0.0713. The lowest BCUT2D eigenvalue weighted by molar-refractivity contribution is 0.499. The molecule has 0 radical (unpaired) electrons. The number of nitrogens with one attached hydrogen (secondary N) is 1. The molecule has 27 heavy (non-hydrogen) atoms. The second-order valence-electron chi connectivity index (χ2n) is 6.85. The standard InChI is InChI=1S/C21H20ClN3OS/c1-24(21(27)23-18-10-3-2-9-17(18)22)13-16-12-15-7-4-6-14-8-5-11-25(19(14)15)20(16)26/h2-4,6-7,9-10,12H,5,8,11,13H2,1H3,(H,23,27). The summed E-state index contributed by atoms with van der Waals surface area (Å²) in [7, 11) is 1.88. The number of benzene rings is 2. The topological polar surface area (TPSA) is 37.3 Å². The molecule has 3 aromatic rings. The van der Waals surface area contributed by atoms with Crippen molar-refractivity contribution in [3.05, 3.63) is 75.0 Å². The highest BCUT2D eigenvalue weighted by Gasteiger charge is 2.17. The molecule has 1 aliphatic heterocycles. The zero-order chi connectivity index (χ0) is 19.0. The average Bonchev–Trinajstić information content (AvgIpc) is 2.67. The van der Waals surface area contributed by atoms with Crippen molar-refractivity contribution in [2.24, 2.45) is 0 Å². The third-order valence-electron chi connectivity index (χ3n) is 4.97. The molecule has 0 fully saturated rings. The molecule has 0 unspecified atom stereocenters. The van der Waals surface area contributed by atoms with E-state index in [1.807, 2.05) is 46.8 Å². The summed E-state index contributed by atoms with van der Waals surface area (Å²) in [6.45, 7) is 1.21. The zero-order valence-corrected chi connectivity index (χ0v) is 16.6. The first-order chi connectivity index (χ1) is 13.0. The third kappa shape index (κ3) is 3.45. The second-order valence-corrected chi connectivity index (χ2v) is 7.64. The maximum Gasteiger partial charge on any atom is 0.256 e. The molecule has 0 saturated carbocycles. The van der Waals surface area contributed by atoms with E-state index in [1.54, 1.807) is 0 Å². The van der Waals surface area contributed by atoms with Gasteiger partial charge in [-0.25, -0.2) is 0 Å². The summed E-state index contributed by atoms with van der Waals surface area (Å²) in [5.74, 6) is 0. The molecule has 0 amide bonds. The van der Waals surface area contributed by atoms with E-state index in [-0.39, 0.29) is 5.56 Å². The van der Waals surface area contributed by atoms with Gasteiger partial charge in [-0.2, -0.15) is 0 Å². The van der Waals surface area contributed by atoms with Crippen LogP contribution in [0.15, 0.2) is 53.3 Å². The van der Waals surface area contributed by atoms with E-state index in [2.05, 4.69) is 23.5 Å². The summed E-state index contributed by atoms with van der Waals surface area (Å²) in [4.78, 5) is 14.9. The van der Waals surface area contributed by atoms with Crippen LogP contribution in [0.3, 0.4) is 0 Å². The highest BCUT2D eigenvalue weighted by atomic mass is 35.5. The van der Waals surface area contributed by atoms with Gasteiger partial charge >= 0.3 is 0 Å². The van der Waals surface area contributed by atoms with Crippen molar-refractivity contribution in [1.82, 2.24) is 9.47 Å². The Kier molecular flexibility index (Phi) is 4.89. The van der Waals surface area contributed by atoms with Gasteiger partial charge in [-0.1, -0.05) is 41.9 Å². The Hall–Kier alpha value is -2.37. The Morgan fingerprint density at radius 1 is 1.26 bits per heavy atom. The number of aryl methyl sites for hydroxylation is 2. The van der Waals surface area contributed by atoms with Gasteiger partial charge in [-0.3, -0.25) is 4.79 Å². The summed E-state index contributed by atoms with van der Waals surface area (Å²) in [5, 5.41) is 5.39. The molecule has 2 heterocycles. The van der Waals surface area contributed by atoms with Crippen LogP contribution < -0.4 is 10.9 Å². The first-order valence-corrected chi connectivity index (χ1v) is 9.74. The minimum absolute atomic E-state index is 0.0713.